The molecule has 0 bridgehead atoms. The van der Waals surface area contributed by atoms with Gasteiger partial charge in [0.2, 0.25) is 0 Å². The van der Waals surface area contributed by atoms with Crippen LogP contribution in [0.4, 0.5) is 22.0 Å². The first-order valence-corrected chi connectivity index (χ1v) is 12.8. The van der Waals surface area contributed by atoms with Crippen molar-refractivity contribution in [2.45, 2.75) is 39.2 Å². The van der Waals surface area contributed by atoms with Crippen LogP contribution < -0.4 is 21.3 Å². The van der Waals surface area contributed by atoms with Crippen molar-refractivity contribution in [1.29, 1.82) is 0 Å². The van der Waals surface area contributed by atoms with Crippen molar-refractivity contribution >= 4 is 0 Å². The number of ether oxygens (including phenoxy) is 1. The van der Waals surface area contributed by atoms with Crippen molar-refractivity contribution in [3.63, 3.8) is 0 Å². The van der Waals surface area contributed by atoms with Crippen molar-refractivity contribution in [1.82, 2.24) is 14.5 Å². The molecule has 1 atom stereocenters. The van der Waals surface area contributed by atoms with E-state index in [2.05, 4.69) is 5.32 Å². The number of aromatic nitrogens is 2. The number of hydrogen-bond donors (Lipinski definition) is 1. The minimum atomic E-state index is -4.91. The van der Waals surface area contributed by atoms with Gasteiger partial charge in [0.1, 0.15) is 5.82 Å². The number of methoxy groups -OCH3 is 1. The van der Waals surface area contributed by atoms with E-state index in [0.29, 0.717) is 12.6 Å². The fourth-order valence-electron chi connectivity index (χ4n) is 4.86. The van der Waals surface area contributed by atoms with E-state index in [1.54, 1.807) is 30.3 Å². The summed E-state index contributed by atoms with van der Waals surface area (Å²) in [4.78, 5) is 27.7. The third-order valence-corrected chi connectivity index (χ3v) is 6.90. The molecule has 0 saturated carbocycles. The Morgan fingerprint density at radius 2 is 1.61 bits per heavy atom. The smallest absolute Gasteiger partial charge is 0.416 e. The molecule has 0 saturated heterocycles. The van der Waals surface area contributed by atoms with Crippen molar-refractivity contribution < 1.29 is 26.7 Å². The summed E-state index contributed by atoms with van der Waals surface area (Å²) in [5.41, 5.74) is -3.69. The Bertz CT molecular complexity index is 1660. The molecule has 1 heterocycles. The molecule has 3 aromatic carbocycles. The van der Waals surface area contributed by atoms with E-state index >= 15 is 4.39 Å². The molecule has 0 fully saturated rings. The van der Waals surface area contributed by atoms with Crippen molar-refractivity contribution in [3.05, 3.63) is 122 Å². The van der Waals surface area contributed by atoms with E-state index in [4.69, 9.17) is 4.74 Å². The number of halogens is 5. The van der Waals surface area contributed by atoms with Crippen LogP contribution in [0.5, 0.6) is 5.75 Å². The van der Waals surface area contributed by atoms with Crippen molar-refractivity contribution in [2.24, 2.45) is 0 Å². The van der Waals surface area contributed by atoms with Crippen LogP contribution in [0.25, 0.3) is 11.1 Å². The van der Waals surface area contributed by atoms with E-state index in [1.165, 1.54) is 32.2 Å². The predicted octanol–water partition coefficient (Wildman–Crippen LogP) is 5.69. The molecule has 0 aliphatic carbocycles. The normalized spacial score (nSPS) is 12.4. The molecule has 4 aromatic rings. The number of nitrogens with zero attached hydrogens (tertiary/aromatic N) is 2. The molecular formula is C30H28F5N3O3. The Morgan fingerprint density at radius 3 is 2.24 bits per heavy atom. The van der Waals surface area contributed by atoms with Crippen LogP contribution >= 0.6 is 0 Å². The Morgan fingerprint density at radius 1 is 0.927 bits per heavy atom. The first-order valence-electron chi connectivity index (χ1n) is 12.8. The first kappa shape index (κ1) is 29.7. The molecule has 0 spiro atoms. The lowest BCUT2D eigenvalue weighted by atomic mass is 10.0. The van der Waals surface area contributed by atoms with Crippen LogP contribution in [0, 0.1) is 18.6 Å². The van der Waals surface area contributed by atoms with Gasteiger partial charge in [0.05, 0.1) is 37.4 Å². The van der Waals surface area contributed by atoms with Gasteiger partial charge in [0.15, 0.2) is 11.6 Å². The quantitative estimate of drug-likeness (QED) is 0.262. The molecule has 1 aromatic heterocycles. The van der Waals surface area contributed by atoms with Gasteiger partial charge in [0.25, 0.3) is 5.56 Å². The van der Waals surface area contributed by atoms with Gasteiger partial charge in [-0.2, -0.15) is 13.2 Å². The highest BCUT2D eigenvalue weighted by Gasteiger charge is 2.35. The van der Waals surface area contributed by atoms with E-state index in [0.717, 1.165) is 26.8 Å². The molecule has 0 aliphatic heterocycles. The summed E-state index contributed by atoms with van der Waals surface area (Å²) in [6.07, 6.45) is -4.91. The third-order valence-electron chi connectivity index (χ3n) is 6.90. The minimum absolute atomic E-state index is 0.125. The van der Waals surface area contributed by atoms with Gasteiger partial charge in [0, 0.05) is 16.8 Å². The second kappa shape index (κ2) is 12.1. The Balaban J connectivity index is 2.02. The zero-order valence-corrected chi connectivity index (χ0v) is 22.6. The molecule has 0 amide bonds. The predicted molar refractivity (Wildman–Crippen MR) is 145 cm³/mol. The molecule has 4 rings (SSSR count). The zero-order valence-electron chi connectivity index (χ0n) is 22.6. The summed E-state index contributed by atoms with van der Waals surface area (Å²) in [7, 11) is 1.24. The fraction of sp³-hybridized carbons (Fsp3) is 0.267. The third kappa shape index (κ3) is 5.95. The minimum Gasteiger partial charge on any atom is -0.494 e. The number of benzene rings is 3. The molecular weight excluding hydrogens is 545 g/mol. The Hall–Kier alpha value is -4.25. The summed E-state index contributed by atoms with van der Waals surface area (Å²) >= 11 is 0. The molecule has 0 aliphatic rings. The number of alkyl halides is 3. The van der Waals surface area contributed by atoms with E-state index < -0.39 is 52.8 Å². The highest BCUT2D eigenvalue weighted by Crippen LogP contribution is 2.34. The summed E-state index contributed by atoms with van der Waals surface area (Å²) in [5, 5.41) is 3.20. The lowest BCUT2D eigenvalue weighted by molar-refractivity contribution is -0.138. The lowest BCUT2D eigenvalue weighted by Crippen LogP contribution is -2.45. The van der Waals surface area contributed by atoms with Gasteiger partial charge in [-0.25, -0.2) is 13.6 Å². The second-order valence-electron chi connectivity index (χ2n) is 9.35. The average molecular weight is 574 g/mol. The fourth-order valence-corrected chi connectivity index (χ4v) is 4.86. The summed E-state index contributed by atoms with van der Waals surface area (Å²) < 4.78 is 78.5. The maximum atomic E-state index is 15.5. The van der Waals surface area contributed by atoms with Gasteiger partial charge in [-0.1, -0.05) is 55.5 Å². The van der Waals surface area contributed by atoms with Crippen molar-refractivity contribution in [2.75, 3.05) is 13.7 Å². The van der Waals surface area contributed by atoms with E-state index in [-0.39, 0.29) is 29.1 Å². The van der Waals surface area contributed by atoms with Crippen LogP contribution in [0.15, 0.2) is 76.3 Å². The topological polar surface area (TPSA) is 65.3 Å². The molecule has 1 N–H and O–H groups in total. The summed E-state index contributed by atoms with van der Waals surface area (Å²) in [5.74, 6) is -2.23. The monoisotopic (exact) mass is 573 g/mol. The van der Waals surface area contributed by atoms with Crippen LogP contribution in [0.3, 0.4) is 0 Å². The number of rotatable bonds is 9. The number of hydrogen-bond acceptors (Lipinski definition) is 4. The van der Waals surface area contributed by atoms with Crippen LogP contribution in [-0.4, -0.2) is 22.8 Å². The first-order chi connectivity index (χ1) is 19.5. The Kier molecular flexibility index (Phi) is 8.77. The molecule has 6 nitrogen and oxygen atoms in total. The number of likely N-dealkylation sites (N-methyl/N-ethyl adjacent to an activating group) is 1. The summed E-state index contributed by atoms with van der Waals surface area (Å²) in [6.45, 7) is 2.55. The average Bonchev–Trinajstić information content (AvgIpc) is 2.94. The van der Waals surface area contributed by atoms with Gasteiger partial charge < -0.3 is 10.1 Å². The molecule has 11 heteroatoms. The maximum absolute atomic E-state index is 15.5. The second-order valence-corrected chi connectivity index (χ2v) is 9.35. The summed E-state index contributed by atoms with van der Waals surface area (Å²) in [6, 6.07) is 15.0. The largest absolute Gasteiger partial charge is 0.494 e. The van der Waals surface area contributed by atoms with Gasteiger partial charge in [-0.3, -0.25) is 13.9 Å². The Labute approximate surface area is 232 Å². The molecule has 0 radical (unpaired) electrons. The maximum Gasteiger partial charge on any atom is 0.416 e. The van der Waals surface area contributed by atoms with Crippen LogP contribution in [0.1, 0.15) is 35.3 Å². The molecule has 216 valence electrons. The van der Waals surface area contributed by atoms with E-state index in [9.17, 15) is 27.2 Å². The van der Waals surface area contributed by atoms with Crippen LogP contribution in [0.2, 0.25) is 0 Å². The standard InChI is InChI=1S/C30H28F5N3O3/c1-4-36-24(19-10-6-5-7-11-19)17-38-28(39)26(20-12-8-15-25(41-3)27(20)32)18(2)37(29(38)40)16-21-22(30(33,34)35)13-9-14-23(21)31/h5-15,24,36H,4,16-17H2,1-3H3/t24-/m0/s1. The molecule has 41 heavy (non-hydrogen) atoms. The van der Waals surface area contributed by atoms with E-state index in [1.807, 2.05) is 6.92 Å². The van der Waals surface area contributed by atoms with Gasteiger partial charge >= 0.3 is 11.9 Å². The molecule has 0 unspecified atom stereocenters. The highest BCUT2D eigenvalue weighted by atomic mass is 19.4. The highest BCUT2D eigenvalue weighted by molar-refractivity contribution is 5.67. The van der Waals surface area contributed by atoms with Crippen LogP contribution in [-0.2, 0) is 19.3 Å². The SMILES string of the molecule is CCN[C@@H](Cn1c(=O)c(-c2cccc(OC)c2F)c(C)n(Cc2c(F)cccc2C(F)(F)F)c1=O)c1ccccc1. The zero-order chi connectivity index (χ0) is 29.9. The number of nitrogens with one attached hydrogen (secondary N) is 1. The van der Waals surface area contributed by atoms with Gasteiger partial charge in [-0.05, 0) is 37.2 Å². The lowest BCUT2D eigenvalue weighted by Gasteiger charge is -2.23. The van der Waals surface area contributed by atoms with Gasteiger partial charge in [-0.15, -0.1) is 0 Å². The van der Waals surface area contributed by atoms with Crippen molar-refractivity contribution in [3.8, 4) is 16.9 Å².